The number of nitrogens with zero attached hydrogens (tertiary/aromatic N) is 4. The SMILES string of the molecule is CCCCCCCCCCCCCCCC[N+]12CC[N+](CCCCC[N+]34CC[N+](CCCCCCCCCCCCCCCC)(CC3)CC4)(CC1)CC2.[Br-].[Br-].[Cl-].[Cl-]. The molecular weight excluding hydrogens is 875 g/mol. The Kier molecular flexibility index (Phi) is 35.7. The standard InChI is InChI=1S/C49H100N4.2BrH.2ClH/c1-3-5-7-9-11-13-15-17-19-21-23-25-27-30-34-50-38-44-52(45-39-50,46-40-50)36-32-29-33-37-53-47-41-51(42-48-53,43-49-53)35-31-28-26-24-22-20-18-16-14-12-10-8-6-4-2;;;;/h3-49H2,1-2H3;4*1H/q+4;;;;/p-4. The number of quaternary nitrogens is 4. The fraction of sp³-hybridized carbons (Fsp3) is 1.00. The molecule has 0 radical (unpaired) electrons. The second-order valence-electron chi connectivity index (χ2n) is 20.2. The first-order valence-corrected chi connectivity index (χ1v) is 25.5. The molecule has 6 fully saturated rings. The zero-order valence-electron chi connectivity index (χ0n) is 38.5. The molecule has 0 atom stereocenters. The summed E-state index contributed by atoms with van der Waals surface area (Å²) >= 11 is 0. The third kappa shape index (κ3) is 23.0. The van der Waals surface area contributed by atoms with Crippen molar-refractivity contribution < 1.29 is 76.7 Å². The molecule has 0 aromatic rings. The van der Waals surface area contributed by atoms with Gasteiger partial charge in [0, 0.05) is 0 Å². The van der Waals surface area contributed by atoms with E-state index in [1.165, 1.54) is 322 Å². The van der Waals surface area contributed by atoms with E-state index in [0.29, 0.717) is 0 Å². The van der Waals surface area contributed by atoms with E-state index < -0.39 is 0 Å². The summed E-state index contributed by atoms with van der Waals surface area (Å²) in [5.41, 5.74) is 0. The van der Waals surface area contributed by atoms with E-state index in [-0.39, 0.29) is 58.8 Å². The van der Waals surface area contributed by atoms with Crippen molar-refractivity contribution in [3.05, 3.63) is 0 Å². The van der Waals surface area contributed by atoms with Crippen LogP contribution in [0.3, 0.4) is 0 Å². The van der Waals surface area contributed by atoms with Crippen LogP contribution in [0.1, 0.15) is 213 Å². The predicted octanol–water partition coefficient (Wildman–Crippen LogP) is 0.457. The molecule has 6 heterocycles. The van der Waals surface area contributed by atoms with Crippen LogP contribution in [0.25, 0.3) is 0 Å². The maximum Gasteiger partial charge on any atom is 0.129 e. The van der Waals surface area contributed by atoms with Crippen LogP contribution in [-0.4, -0.2) is 123 Å². The summed E-state index contributed by atoms with van der Waals surface area (Å²) in [4.78, 5) is 0. The van der Waals surface area contributed by atoms with Gasteiger partial charge in [0.15, 0.2) is 0 Å². The van der Waals surface area contributed by atoms with Gasteiger partial charge in [-0.05, 0) is 44.9 Å². The van der Waals surface area contributed by atoms with Crippen LogP contribution in [0.2, 0.25) is 0 Å². The molecule has 57 heavy (non-hydrogen) atoms. The molecule has 8 heteroatoms. The summed E-state index contributed by atoms with van der Waals surface area (Å²) < 4.78 is 5.99. The van der Waals surface area contributed by atoms with Crippen LogP contribution in [0.4, 0.5) is 0 Å². The van der Waals surface area contributed by atoms with Crippen molar-refractivity contribution in [3.8, 4) is 0 Å². The highest BCUT2D eigenvalue weighted by Crippen LogP contribution is 2.30. The van der Waals surface area contributed by atoms with Crippen LogP contribution in [-0.2, 0) is 0 Å². The average Bonchev–Trinajstić information content (AvgIpc) is 3.19. The molecule has 6 saturated heterocycles. The Bertz CT molecular complexity index is 792. The fourth-order valence-corrected chi connectivity index (χ4v) is 11.6. The first kappa shape index (κ1) is 58.4. The van der Waals surface area contributed by atoms with Gasteiger partial charge >= 0.3 is 0 Å². The summed E-state index contributed by atoms with van der Waals surface area (Å²) in [6.45, 7) is 28.6. The normalized spacial score (nSPS) is 26.0. The third-order valence-corrected chi connectivity index (χ3v) is 16.0. The molecule has 0 N–H and O–H groups in total. The first-order chi connectivity index (χ1) is 26.1. The second kappa shape index (κ2) is 34.8. The smallest absolute Gasteiger partial charge is 0.129 e. The Morgan fingerprint density at radius 3 is 0.491 bits per heavy atom. The van der Waals surface area contributed by atoms with Crippen molar-refractivity contribution in [1.29, 1.82) is 0 Å². The molecule has 0 amide bonds. The van der Waals surface area contributed by atoms with Gasteiger partial charge in [-0.25, -0.2) is 0 Å². The summed E-state index contributed by atoms with van der Waals surface area (Å²) in [5, 5.41) is 0. The molecule has 0 saturated carbocycles. The molecule has 6 aliphatic heterocycles. The highest BCUT2D eigenvalue weighted by molar-refractivity contribution is 4.65. The molecule has 6 rings (SSSR count). The van der Waals surface area contributed by atoms with E-state index in [1.54, 1.807) is 0 Å². The monoisotopic (exact) mass is 973 g/mol. The van der Waals surface area contributed by atoms with Crippen LogP contribution in [0.15, 0.2) is 0 Å². The third-order valence-electron chi connectivity index (χ3n) is 16.0. The second-order valence-corrected chi connectivity index (χ2v) is 20.2. The zero-order chi connectivity index (χ0) is 37.2. The molecule has 0 aromatic heterocycles. The molecular formula is C49H100Br2Cl2N4. The minimum atomic E-state index is 0. The number of unbranched alkanes of at least 4 members (excludes halogenated alkanes) is 28. The van der Waals surface area contributed by atoms with Crippen molar-refractivity contribution in [2.24, 2.45) is 0 Å². The van der Waals surface area contributed by atoms with Gasteiger partial charge in [0.25, 0.3) is 0 Å². The van der Waals surface area contributed by atoms with Crippen LogP contribution < -0.4 is 58.8 Å². The Balaban J connectivity index is 0.00000784. The van der Waals surface area contributed by atoms with Crippen LogP contribution in [0, 0.1) is 0 Å². The van der Waals surface area contributed by atoms with Crippen molar-refractivity contribution in [2.75, 3.05) is 105 Å². The summed E-state index contributed by atoms with van der Waals surface area (Å²) in [5.74, 6) is 0. The number of rotatable bonds is 36. The van der Waals surface area contributed by atoms with Gasteiger partial charge in [-0.1, -0.05) is 168 Å². The lowest BCUT2D eigenvalue weighted by Gasteiger charge is -2.56. The van der Waals surface area contributed by atoms with Crippen molar-refractivity contribution in [3.63, 3.8) is 0 Å². The Hall–Kier alpha value is 1.38. The largest absolute Gasteiger partial charge is 1.00 e. The van der Waals surface area contributed by atoms with Gasteiger partial charge < -0.3 is 76.7 Å². The van der Waals surface area contributed by atoms with Gasteiger partial charge in [-0.2, -0.15) is 0 Å². The van der Waals surface area contributed by atoms with E-state index >= 15 is 0 Å². The van der Waals surface area contributed by atoms with Gasteiger partial charge in [0.1, 0.15) is 78.5 Å². The topological polar surface area (TPSA) is 0 Å². The molecule has 4 bridgehead atoms. The quantitative estimate of drug-likeness (QED) is 0.0634. The average molecular weight is 976 g/mol. The van der Waals surface area contributed by atoms with E-state index in [1.807, 2.05) is 0 Å². The number of hydrogen-bond donors (Lipinski definition) is 0. The number of halogens is 4. The lowest BCUT2D eigenvalue weighted by atomic mass is 10.0. The molecule has 0 aromatic carbocycles. The highest BCUT2D eigenvalue weighted by atomic mass is 79.9. The van der Waals surface area contributed by atoms with Gasteiger partial charge in [0.2, 0.25) is 0 Å². The molecule has 4 nitrogen and oxygen atoms in total. The van der Waals surface area contributed by atoms with Crippen molar-refractivity contribution in [1.82, 2.24) is 0 Å². The Morgan fingerprint density at radius 2 is 0.333 bits per heavy atom. The van der Waals surface area contributed by atoms with E-state index in [2.05, 4.69) is 13.8 Å². The molecule has 344 valence electrons. The van der Waals surface area contributed by atoms with E-state index in [9.17, 15) is 0 Å². The van der Waals surface area contributed by atoms with Gasteiger partial charge in [-0.3, -0.25) is 0 Å². The first-order valence-electron chi connectivity index (χ1n) is 25.5. The maximum absolute atomic E-state index is 2.32. The molecule has 6 aliphatic rings. The highest BCUT2D eigenvalue weighted by Gasteiger charge is 2.49. The summed E-state index contributed by atoms with van der Waals surface area (Å²) in [6.07, 6.45) is 45.9. The molecule has 0 aliphatic carbocycles. The predicted molar refractivity (Wildman–Crippen MR) is 233 cm³/mol. The fourth-order valence-electron chi connectivity index (χ4n) is 11.6. The van der Waals surface area contributed by atoms with Crippen LogP contribution in [0.5, 0.6) is 0 Å². The number of fused-ring (bicyclic) bond motifs is 6. The summed E-state index contributed by atoms with van der Waals surface area (Å²) in [6, 6.07) is 0. The van der Waals surface area contributed by atoms with Crippen LogP contribution >= 0.6 is 0 Å². The molecule has 0 unspecified atom stereocenters. The minimum Gasteiger partial charge on any atom is -1.00 e. The lowest BCUT2D eigenvalue weighted by molar-refractivity contribution is -1.08. The minimum absolute atomic E-state index is 0. The maximum atomic E-state index is 2.32. The lowest BCUT2D eigenvalue weighted by Crippen LogP contribution is -3.00. The van der Waals surface area contributed by atoms with Crippen molar-refractivity contribution in [2.45, 2.75) is 213 Å². The number of piperazine rings is 6. The van der Waals surface area contributed by atoms with Gasteiger partial charge in [0.05, 0.1) is 26.2 Å². The Morgan fingerprint density at radius 1 is 0.211 bits per heavy atom. The van der Waals surface area contributed by atoms with E-state index in [4.69, 9.17) is 0 Å². The van der Waals surface area contributed by atoms with Gasteiger partial charge in [-0.15, -0.1) is 0 Å². The van der Waals surface area contributed by atoms with Crippen molar-refractivity contribution >= 4 is 0 Å². The molecule has 0 spiro atoms. The Labute approximate surface area is 391 Å². The zero-order valence-corrected chi connectivity index (χ0v) is 43.2. The summed E-state index contributed by atoms with van der Waals surface area (Å²) in [7, 11) is 0. The van der Waals surface area contributed by atoms with E-state index in [0.717, 1.165) is 0 Å². The number of hydrogen-bond acceptors (Lipinski definition) is 0.